The van der Waals surface area contributed by atoms with Crippen LogP contribution in [0.25, 0.3) is 0 Å². The molecule has 1 aromatic heterocycles. The van der Waals surface area contributed by atoms with Crippen LogP contribution in [-0.4, -0.2) is 30.9 Å². The molecular formula is C21H25N3O2S. The first-order chi connectivity index (χ1) is 13.2. The van der Waals surface area contributed by atoms with Crippen LogP contribution in [-0.2, 0) is 11.2 Å². The van der Waals surface area contributed by atoms with Crippen LogP contribution in [0.4, 0.5) is 11.4 Å². The molecule has 5 nitrogen and oxygen atoms in total. The monoisotopic (exact) mass is 383 g/mol. The summed E-state index contributed by atoms with van der Waals surface area (Å²) in [4.78, 5) is 28.4. The zero-order valence-corrected chi connectivity index (χ0v) is 16.2. The Morgan fingerprint density at radius 3 is 2.63 bits per heavy atom. The fourth-order valence-corrected chi connectivity index (χ4v) is 4.18. The highest BCUT2D eigenvalue weighted by Gasteiger charge is 2.26. The van der Waals surface area contributed by atoms with Gasteiger partial charge in [0.2, 0.25) is 5.91 Å². The summed E-state index contributed by atoms with van der Waals surface area (Å²) < 4.78 is 0. The smallest absolute Gasteiger partial charge is 0.253 e. The number of hydrogen-bond acceptors (Lipinski definition) is 4. The number of hydrogen-bond donors (Lipinski definition) is 2. The van der Waals surface area contributed by atoms with Gasteiger partial charge in [-0.2, -0.15) is 0 Å². The van der Waals surface area contributed by atoms with Crippen molar-refractivity contribution in [3.05, 3.63) is 46.2 Å². The summed E-state index contributed by atoms with van der Waals surface area (Å²) in [6, 6.07) is 9.93. The van der Waals surface area contributed by atoms with Gasteiger partial charge in [0.05, 0.1) is 12.0 Å². The average Bonchev–Trinajstić information content (AvgIpc) is 3.35. The number of nitrogens with zero attached hydrogens (tertiary/aromatic N) is 1. The summed E-state index contributed by atoms with van der Waals surface area (Å²) >= 11 is 1.57. The van der Waals surface area contributed by atoms with Crippen molar-refractivity contribution in [2.75, 3.05) is 23.3 Å². The molecule has 0 unspecified atom stereocenters. The number of carbonyl (C=O) groups excluding carboxylic acids is 2. The second kappa shape index (κ2) is 8.13. The Bertz CT molecular complexity index is 809. The largest absolute Gasteiger partial charge is 0.371 e. The van der Waals surface area contributed by atoms with Crippen molar-refractivity contribution in [1.82, 2.24) is 5.32 Å². The normalized spacial score (nSPS) is 16.8. The fourth-order valence-electron chi connectivity index (χ4n) is 3.47. The molecule has 1 aromatic carbocycles. The molecule has 2 fully saturated rings. The van der Waals surface area contributed by atoms with Crippen molar-refractivity contribution in [2.24, 2.45) is 0 Å². The van der Waals surface area contributed by atoms with Gasteiger partial charge in [-0.1, -0.05) is 6.07 Å². The molecule has 4 rings (SSSR count). The van der Waals surface area contributed by atoms with E-state index >= 15 is 0 Å². The zero-order chi connectivity index (χ0) is 18.6. The van der Waals surface area contributed by atoms with Crippen molar-refractivity contribution in [2.45, 2.75) is 44.6 Å². The minimum absolute atomic E-state index is 0.0348. The van der Waals surface area contributed by atoms with Crippen LogP contribution in [0.1, 0.15) is 47.3 Å². The molecule has 1 saturated heterocycles. The Hall–Kier alpha value is -2.34. The standard InChI is InChI=1S/C21H25N3O2S/c25-20(14-17-5-4-12-27-17)22-16-8-9-19(24-10-2-1-3-11-24)18(13-16)21(26)23-15-6-7-15/h4-5,8-9,12-13,15H,1-3,6-7,10-11,14H2,(H,22,25)(H,23,26). The SMILES string of the molecule is O=C(Cc1cccs1)Nc1ccc(N2CCCCC2)c(C(=O)NC2CC2)c1. The zero-order valence-electron chi connectivity index (χ0n) is 15.4. The van der Waals surface area contributed by atoms with Crippen LogP contribution in [0.2, 0.25) is 0 Å². The lowest BCUT2D eigenvalue weighted by Gasteiger charge is -2.30. The molecule has 0 atom stereocenters. The van der Waals surface area contributed by atoms with E-state index in [4.69, 9.17) is 0 Å². The van der Waals surface area contributed by atoms with E-state index < -0.39 is 0 Å². The maximum Gasteiger partial charge on any atom is 0.253 e. The van der Waals surface area contributed by atoms with Gasteiger partial charge in [-0.15, -0.1) is 11.3 Å². The lowest BCUT2D eigenvalue weighted by atomic mass is 10.1. The van der Waals surface area contributed by atoms with Crippen LogP contribution < -0.4 is 15.5 Å². The van der Waals surface area contributed by atoms with Crippen LogP contribution in [0.5, 0.6) is 0 Å². The molecule has 1 aliphatic heterocycles. The predicted molar refractivity (Wildman–Crippen MR) is 110 cm³/mol. The maximum absolute atomic E-state index is 12.8. The van der Waals surface area contributed by atoms with Crippen molar-refractivity contribution < 1.29 is 9.59 Å². The van der Waals surface area contributed by atoms with Crippen LogP contribution >= 0.6 is 11.3 Å². The summed E-state index contributed by atoms with van der Waals surface area (Å²) in [6.07, 6.45) is 6.03. The van der Waals surface area contributed by atoms with Gasteiger partial charge in [0.15, 0.2) is 0 Å². The molecule has 2 heterocycles. The van der Waals surface area contributed by atoms with Gasteiger partial charge in [0, 0.05) is 35.4 Å². The van der Waals surface area contributed by atoms with Gasteiger partial charge in [-0.05, 0) is 61.7 Å². The van der Waals surface area contributed by atoms with Crippen molar-refractivity contribution in [3.8, 4) is 0 Å². The Morgan fingerprint density at radius 2 is 1.93 bits per heavy atom. The first-order valence-corrected chi connectivity index (χ1v) is 10.6. The Kier molecular flexibility index (Phi) is 5.43. The number of amides is 2. The van der Waals surface area contributed by atoms with Crippen molar-refractivity contribution >= 4 is 34.5 Å². The summed E-state index contributed by atoms with van der Waals surface area (Å²) in [7, 11) is 0. The molecule has 27 heavy (non-hydrogen) atoms. The first-order valence-electron chi connectivity index (χ1n) is 9.71. The molecule has 0 radical (unpaired) electrons. The Balaban J connectivity index is 1.53. The fraction of sp³-hybridized carbons (Fsp3) is 0.429. The third-order valence-corrected chi connectivity index (χ3v) is 5.93. The number of piperidine rings is 1. The van der Waals surface area contributed by atoms with Gasteiger partial charge in [0.1, 0.15) is 0 Å². The molecule has 0 spiro atoms. The van der Waals surface area contributed by atoms with E-state index in [0.717, 1.165) is 49.3 Å². The highest BCUT2D eigenvalue weighted by Crippen LogP contribution is 2.29. The third kappa shape index (κ3) is 4.69. The molecule has 142 valence electrons. The first kappa shape index (κ1) is 18.0. The molecule has 1 saturated carbocycles. The molecule has 2 amide bonds. The third-order valence-electron chi connectivity index (χ3n) is 5.05. The molecule has 1 aliphatic carbocycles. The number of rotatable bonds is 6. The van der Waals surface area contributed by atoms with Gasteiger partial charge in [-0.25, -0.2) is 0 Å². The minimum Gasteiger partial charge on any atom is -0.371 e. The van der Waals surface area contributed by atoms with Gasteiger partial charge in [-0.3, -0.25) is 9.59 Å². The number of nitrogens with one attached hydrogen (secondary N) is 2. The number of carbonyl (C=O) groups is 2. The van der Waals surface area contributed by atoms with Gasteiger partial charge >= 0.3 is 0 Å². The van der Waals surface area contributed by atoms with E-state index in [1.807, 2.05) is 35.7 Å². The number of anilines is 2. The summed E-state index contributed by atoms with van der Waals surface area (Å²) in [5.41, 5.74) is 2.32. The lowest BCUT2D eigenvalue weighted by molar-refractivity contribution is -0.115. The van der Waals surface area contributed by atoms with E-state index in [9.17, 15) is 9.59 Å². The molecule has 2 aromatic rings. The second-order valence-corrected chi connectivity index (χ2v) is 8.36. The van der Waals surface area contributed by atoms with E-state index in [1.165, 1.54) is 6.42 Å². The highest BCUT2D eigenvalue weighted by atomic mass is 32.1. The second-order valence-electron chi connectivity index (χ2n) is 7.33. The maximum atomic E-state index is 12.8. The quantitative estimate of drug-likeness (QED) is 0.797. The summed E-state index contributed by atoms with van der Waals surface area (Å²) in [6.45, 7) is 1.96. The van der Waals surface area contributed by atoms with E-state index in [-0.39, 0.29) is 11.8 Å². The van der Waals surface area contributed by atoms with Crippen LogP contribution in [0, 0.1) is 0 Å². The minimum atomic E-state index is -0.0586. The van der Waals surface area contributed by atoms with E-state index in [2.05, 4.69) is 15.5 Å². The summed E-state index contributed by atoms with van der Waals surface area (Å²) in [5.74, 6) is -0.0934. The Morgan fingerprint density at radius 1 is 1.11 bits per heavy atom. The average molecular weight is 384 g/mol. The molecule has 0 bridgehead atoms. The van der Waals surface area contributed by atoms with Crippen LogP contribution in [0.3, 0.4) is 0 Å². The molecular weight excluding hydrogens is 358 g/mol. The predicted octanol–water partition coefficient (Wildman–Crippen LogP) is 3.81. The van der Waals surface area contributed by atoms with Gasteiger partial charge < -0.3 is 15.5 Å². The number of benzene rings is 1. The lowest BCUT2D eigenvalue weighted by Crippen LogP contribution is -2.33. The Labute approximate surface area is 163 Å². The number of thiophene rings is 1. The molecule has 2 aliphatic rings. The van der Waals surface area contributed by atoms with E-state index in [0.29, 0.717) is 23.7 Å². The van der Waals surface area contributed by atoms with E-state index in [1.54, 1.807) is 11.3 Å². The summed E-state index contributed by atoms with van der Waals surface area (Å²) in [5, 5.41) is 8.00. The topological polar surface area (TPSA) is 61.4 Å². The molecule has 2 N–H and O–H groups in total. The van der Waals surface area contributed by atoms with Crippen LogP contribution in [0.15, 0.2) is 35.7 Å². The molecule has 6 heteroatoms. The highest BCUT2D eigenvalue weighted by molar-refractivity contribution is 7.10. The van der Waals surface area contributed by atoms with Gasteiger partial charge in [0.25, 0.3) is 5.91 Å². The van der Waals surface area contributed by atoms with Crippen molar-refractivity contribution in [1.29, 1.82) is 0 Å². The van der Waals surface area contributed by atoms with Crippen molar-refractivity contribution in [3.63, 3.8) is 0 Å².